The van der Waals surface area contributed by atoms with Crippen LogP contribution in [0.2, 0.25) is 0 Å². The Kier molecular flexibility index (Phi) is 6.34. The molecule has 3 saturated heterocycles. The molecular formula is C31H56N2. The molecule has 0 spiro atoms. The van der Waals surface area contributed by atoms with E-state index >= 15 is 0 Å². The van der Waals surface area contributed by atoms with E-state index in [0.29, 0.717) is 6.04 Å². The van der Waals surface area contributed by atoms with Crippen molar-refractivity contribution in [1.82, 2.24) is 9.80 Å². The van der Waals surface area contributed by atoms with E-state index in [1.165, 1.54) is 19.3 Å². The molecule has 5 fully saturated rings. The molecule has 0 aromatic carbocycles. The average Bonchev–Trinajstić information content (AvgIpc) is 2.80. The Bertz CT molecular complexity index is 720. The first-order valence-corrected chi connectivity index (χ1v) is 15.0. The van der Waals surface area contributed by atoms with E-state index in [0.717, 1.165) is 95.2 Å². The van der Waals surface area contributed by atoms with Crippen LogP contribution in [0.1, 0.15) is 88.5 Å². The SMILES string of the molecule is CCC1C2C(C)C(C)C(C)C(C)C2CC2C3C4C(C)C(C)C(C)C(C)C4CC(C(C)N12)N3C. The largest absolute Gasteiger partial charge is 0.297 e. The van der Waals surface area contributed by atoms with Crippen LogP contribution in [-0.2, 0) is 0 Å². The van der Waals surface area contributed by atoms with Gasteiger partial charge in [-0.05, 0) is 104 Å². The summed E-state index contributed by atoms with van der Waals surface area (Å²) in [7, 11) is 2.53. The maximum atomic E-state index is 3.17. The fourth-order valence-electron chi connectivity index (χ4n) is 11.3. The second kappa shape index (κ2) is 8.50. The molecule has 5 rings (SSSR count). The summed E-state index contributed by atoms with van der Waals surface area (Å²) in [6.45, 7) is 25.9. The van der Waals surface area contributed by atoms with Gasteiger partial charge < -0.3 is 0 Å². The van der Waals surface area contributed by atoms with Gasteiger partial charge in [0.15, 0.2) is 0 Å². The fraction of sp³-hybridized carbons (Fsp3) is 1.00. The van der Waals surface area contributed by atoms with Crippen molar-refractivity contribution in [2.24, 2.45) is 71.0 Å². The van der Waals surface area contributed by atoms with Crippen LogP contribution in [0.3, 0.4) is 0 Å². The lowest BCUT2D eigenvalue weighted by Gasteiger charge is -2.70. The zero-order chi connectivity index (χ0) is 24.1. The molecule has 2 aliphatic carbocycles. The molecule has 3 heterocycles. The highest BCUT2D eigenvalue weighted by Crippen LogP contribution is 2.60. The number of rotatable bonds is 1. The number of piperidine rings is 2. The van der Waals surface area contributed by atoms with Gasteiger partial charge in [-0.3, -0.25) is 9.80 Å². The third-order valence-electron chi connectivity index (χ3n) is 14.0. The number of hydrogen-bond acceptors (Lipinski definition) is 2. The van der Waals surface area contributed by atoms with Gasteiger partial charge in [-0.2, -0.15) is 0 Å². The van der Waals surface area contributed by atoms with Gasteiger partial charge in [0.1, 0.15) is 0 Å². The lowest BCUT2D eigenvalue weighted by atomic mass is 9.49. The Morgan fingerprint density at radius 1 is 0.576 bits per heavy atom. The maximum Gasteiger partial charge on any atom is 0.0286 e. The third-order valence-corrected chi connectivity index (χ3v) is 14.0. The Hall–Kier alpha value is -0.0800. The van der Waals surface area contributed by atoms with Gasteiger partial charge in [0, 0.05) is 30.2 Å². The van der Waals surface area contributed by atoms with Gasteiger partial charge in [0.25, 0.3) is 0 Å². The highest BCUT2D eigenvalue weighted by atomic mass is 15.4. The first kappa shape index (κ1) is 24.6. The second-order valence-electron chi connectivity index (χ2n) is 14.3. The predicted molar refractivity (Wildman–Crippen MR) is 141 cm³/mol. The van der Waals surface area contributed by atoms with Gasteiger partial charge in [-0.1, -0.05) is 62.3 Å². The van der Waals surface area contributed by atoms with E-state index in [9.17, 15) is 0 Å². The van der Waals surface area contributed by atoms with Crippen molar-refractivity contribution in [3.05, 3.63) is 0 Å². The van der Waals surface area contributed by atoms with E-state index in [2.05, 4.69) is 86.1 Å². The molecule has 3 aliphatic heterocycles. The molecule has 5 aliphatic rings. The smallest absolute Gasteiger partial charge is 0.0286 e. The summed E-state index contributed by atoms with van der Waals surface area (Å²) in [6.07, 6.45) is 4.25. The predicted octanol–water partition coefficient (Wildman–Crippen LogP) is 6.89. The van der Waals surface area contributed by atoms with Crippen LogP contribution in [0, 0.1) is 71.0 Å². The molecule has 0 radical (unpaired) electrons. The molecular weight excluding hydrogens is 400 g/mol. The summed E-state index contributed by atoms with van der Waals surface area (Å²) in [5.41, 5.74) is 0. The Balaban J connectivity index is 1.57. The summed E-state index contributed by atoms with van der Waals surface area (Å²) in [5.74, 6) is 10.6. The normalized spacial score (nSPS) is 61.7. The number of fused-ring (bicyclic) bond motifs is 7. The van der Waals surface area contributed by atoms with Gasteiger partial charge in [-0.15, -0.1) is 0 Å². The molecule has 0 aromatic heterocycles. The summed E-state index contributed by atoms with van der Waals surface area (Å²) >= 11 is 0. The maximum absolute atomic E-state index is 3.17. The second-order valence-corrected chi connectivity index (χ2v) is 14.3. The van der Waals surface area contributed by atoms with Crippen LogP contribution in [0.4, 0.5) is 0 Å². The van der Waals surface area contributed by atoms with E-state index in [1.807, 2.05) is 0 Å². The molecule has 0 aromatic rings. The summed E-state index contributed by atoms with van der Waals surface area (Å²) < 4.78 is 0. The van der Waals surface area contributed by atoms with Gasteiger partial charge in [0.2, 0.25) is 0 Å². The Morgan fingerprint density at radius 3 is 1.58 bits per heavy atom. The van der Waals surface area contributed by atoms with Gasteiger partial charge >= 0.3 is 0 Å². The average molecular weight is 457 g/mol. The third kappa shape index (κ3) is 3.24. The zero-order valence-corrected chi connectivity index (χ0v) is 23.8. The standard InChI is InChI=1S/C31H56N2/c1-12-26-29-21(8)17(4)15(2)19(6)24(29)14-28-31-30-22(9)18(5)16(3)20(7)25(30)13-27(32(31)11)23(10)33(26)28/h15-31H,12-14H2,1-11H3. The van der Waals surface area contributed by atoms with Crippen LogP contribution in [-0.4, -0.2) is 47.1 Å². The van der Waals surface area contributed by atoms with E-state index < -0.39 is 0 Å². The van der Waals surface area contributed by atoms with E-state index in [4.69, 9.17) is 0 Å². The lowest BCUT2D eigenvalue weighted by Crippen LogP contribution is -2.78. The van der Waals surface area contributed by atoms with Crippen LogP contribution in [0.5, 0.6) is 0 Å². The number of hydrogen-bond donors (Lipinski definition) is 0. The van der Waals surface area contributed by atoms with Crippen LogP contribution in [0.25, 0.3) is 0 Å². The summed E-state index contributed by atoms with van der Waals surface area (Å²) in [5, 5.41) is 0. The first-order chi connectivity index (χ1) is 15.5. The molecule has 17 unspecified atom stereocenters. The molecule has 0 amide bonds. The summed E-state index contributed by atoms with van der Waals surface area (Å²) in [6, 6.07) is 3.78. The topological polar surface area (TPSA) is 6.48 Å². The van der Waals surface area contributed by atoms with Crippen molar-refractivity contribution in [3.63, 3.8) is 0 Å². The van der Waals surface area contributed by atoms with Gasteiger partial charge in [-0.25, -0.2) is 0 Å². The molecule has 17 atom stereocenters. The minimum atomic E-state index is 0.706. The van der Waals surface area contributed by atoms with Gasteiger partial charge in [0.05, 0.1) is 0 Å². The van der Waals surface area contributed by atoms with E-state index in [-0.39, 0.29) is 0 Å². The first-order valence-electron chi connectivity index (χ1n) is 15.0. The quantitative estimate of drug-likeness (QED) is 0.423. The molecule has 2 bridgehead atoms. The van der Waals surface area contributed by atoms with Crippen molar-refractivity contribution in [2.45, 2.75) is 119 Å². The fourth-order valence-corrected chi connectivity index (χ4v) is 11.3. The molecule has 190 valence electrons. The van der Waals surface area contributed by atoms with Crippen molar-refractivity contribution in [3.8, 4) is 0 Å². The van der Waals surface area contributed by atoms with Crippen LogP contribution >= 0.6 is 0 Å². The zero-order valence-electron chi connectivity index (χ0n) is 23.8. The molecule has 2 saturated carbocycles. The lowest BCUT2D eigenvalue weighted by molar-refractivity contribution is -0.210. The van der Waals surface area contributed by atoms with Crippen molar-refractivity contribution in [1.29, 1.82) is 0 Å². The monoisotopic (exact) mass is 456 g/mol. The minimum absolute atomic E-state index is 0.706. The molecule has 0 N–H and O–H groups in total. The Labute approximate surface area is 206 Å². The highest BCUT2D eigenvalue weighted by Gasteiger charge is 2.63. The number of likely N-dealkylation sites (N-methyl/N-ethyl adjacent to an activating group) is 1. The Morgan fingerprint density at radius 2 is 1.03 bits per heavy atom. The minimum Gasteiger partial charge on any atom is -0.297 e. The van der Waals surface area contributed by atoms with Crippen molar-refractivity contribution in [2.75, 3.05) is 7.05 Å². The summed E-state index contributed by atoms with van der Waals surface area (Å²) in [4.78, 5) is 6.10. The van der Waals surface area contributed by atoms with Crippen molar-refractivity contribution < 1.29 is 0 Å². The highest BCUT2D eigenvalue weighted by molar-refractivity contribution is 5.16. The molecule has 33 heavy (non-hydrogen) atoms. The van der Waals surface area contributed by atoms with Crippen LogP contribution < -0.4 is 0 Å². The number of piperazine rings is 1. The molecule has 2 nitrogen and oxygen atoms in total. The van der Waals surface area contributed by atoms with E-state index in [1.54, 1.807) is 0 Å². The van der Waals surface area contributed by atoms with Crippen LogP contribution in [0.15, 0.2) is 0 Å². The number of nitrogens with zero attached hydrogens (tertiary/aromatic N) is 2. The molecule has 2 heteroatoms. The van der Waals surface area contributed by atoms with Crippen molar-refractivity contribution >= 4 is 0 Å².